The van der Waals surface area contributed by atoms with E-state index in [1.54, 1.807) is 22.7 Å². The molecule has 0 bridgehead atoms. The van der Waals surface area contributed by atoms with Gasteiger partial charge in [-0.05, 0) is 49.2 Å². The van der Waals surface area contributed by atoms with Gasteiger partial charge in [0.25, 0.3) is 0 Å². The maximum Gasteiger partial charge on any atom is 0.186 e. The van der Waals surface area contributed by atoms with Crippen LogP contribution in [0.5, 0.6) is 0 Å². The molecule has 0 saturated heterocycles. The van der Waals surface area contributed by atoms with Crippen LogP contribution in [0.2, 0.25) is 0 Å². The summed E-state index contributed by atoms with van der Waals surface area (Å²) in [5.74, 6) is 0. The third-order valence-electron chi connectivity index (χ3n) is 3.55. The smallest absolute Gasteiger partial charge is 0.186 e. The Morgan fingerprint density at radius 2 is 2.32 bits per heavy atom. The van der Waals surface area contributed by atoms with E-state index in [1.165, 1.54) is 23.5 Å². The van der Waals surface area contributed by atoms with Gasteiger partial charge >= 0.3 is 0 Å². The Hall–Kier alpha value is -0.910. The second-order valence-corrected chi connectivity index (χ2v) is 6.67. The van der Waals surface area contributed by atoms with Gasteiger partial charge in [0.2, 0.25) is 0 Å². The topological polar surface area (TPSA) is 28.2 Å². The fourth-order valence-electron chi connectivity index (χ4n) is 2.07. The fourth-order valence-corrected chi connectivity index (χ4v) is 3.72. The van der Waals surface area contributed by atoms with E-state index in [9.17, 15) is 0 Å². The molecule has 1 aliphatic carbocycles. The Kier molecular flexibility index (Phi) is 3.86. The monoisotopic (exact) mass is 293 g/mol. The third-order valence-corrected chi connectivity index (χ3v) is 5.18. The van der Waals surface area contributed by atoms with Crippen molar-refractivity contribution in [1.29, 1.82) is 0 Å². The number of aromatic nitrogens is 1. The molecule has 1 saturated carbocycles. The van der Waals surface area contributed by atoms with Gasteiger partial charge in [-0.25, -0.2) is 4.98 Å². The summed E-state index contributed by atoms with van der Waals surface area (Å²) in [4.78, 5) is 7.28. The average Bonchev–Trinajstić information content (AvgIpc) is 2.94. The molecule has 3 rings (SSSR count). The van der Waals surface area contributed by atoms with Crippen molar-refractivity contribution in [3.05, 3.63) is 33.5 Å². The van der Waals surface area contributed by atoms with Gasteiger partial charge < -0.3 is 10.2 Å². The highest BCUT2D eigenvalue weighted by molar-refractivity contribution is 7.13. The van der Waals surface area contributed by atoms with Gasteiger partial charge in [0.05, 0.1) is 5.69 Å². The Labute approximate surface area is 122 Å². The van der Waals surface area contributed by atoms with Crippen molar-refractivity contribution in [2.45, 2.75) is 38.4 Å². The number of nitrogens with one attached hydrogen (secondary N) is 1. The van der Waals surface area contributed by atoms with Gasteiger partial charge in [0.15, 0.2) is 5.13 Å². The molecule has 3 nitrogen and oxygen atoms in total. The first-order valence-corrected chi connectivity index (χ1v) is 8.50. The van der Waals surface area contributed by atoms with Crippen molar-refractivity contribution in [3.63, 3.8) is 0 Å². The lowest BCUT2D eigenvalue weighted by Crippen LogP contribution is -2.24. The molecule has 1 unspecified atom stereocenters. The second-order valence-electron chi connectivity index (χ2n) is 5.06. The van der Waals surface area contributed by atoms with Gasteiger partial charge in [-0.1, -0.05) is 0 Å². The Balaban J connectivity index is 1.78. The number of thiophene rings is 1. The lowest BCUT2D eigenvalue weighted by atomic mass is 10.3. The van der Waals surface area contributed by atoms with E-state index in [1.807, 2.05) is 7.05 Å². The van der Waals surface area contributed by atoms with Crippen LogP contribution in [0.1, 0.15) is 37.1 Å². The van der Waals surface area contributed by atoms with Crippen LogP contribution in [0.25, 0.3) is 0 Å². The lowest BCUT2D eigenvalue weighted by Gasteiger charge is -2.21. The van der Waals surface area contributed by atoms with Crippen molar-refractivity contribution in [3.8, 4) is 0 Å². The Morgan fingerprint density at radius 3 is 2.95 bits per heavy atom. The SMILES string of the molecule is CNC(C)c1csc(N(Cc2ccsc2)C2CC2)n1. The fraction of sp³-hybridized carbons (Fsp3) is 0.500. The largest absolute Gasteiger partial charge is 0.341 e. The zero-order valence-corrected chi connectivity index (χ0v) is 12.9. The van der Waals surface area contributed by atoms with E-state index in [0.29, 0.717) is 12.1 Å². The highest BCUT2D eigenvalue weighted by atomic mass is 32.1. The van der Waals surface area contributed by atoms with Gasteiger partial charge in [0.1, 0.15) is 0 Å². The van der Waals surface area contributed by atoms with Crippen LogP contribution in [0.15, 0.2) is 22.2 Å². The molecule has 1 fully saturated rings. The van der Waals surface area contributed by atoms with Crippen molar-refractivity contribution in [2.24, 2.45) is 0 Å². The molecular weight excluding hydrogens is 274 g/mol. The molecule has 2 aromatic rings. The predicted octanol–water partition coefficient (Wildman–Crippen LogP) is 3.65. The van der Waals surface area contributed by atoms with Crippen LogP contribution >= 0.6 is 22.7 Å². The molecule has 0 aliphatic heterocycles. The molecule has 102 valence electrons. The zero-order valence-electron chi connectivity index (χ0n) is 11.3. The summed E-state index contributed by atoms with van der Waals surface area (Å²) >= 11 is 3.54. The van der Waals surface area contributed by atoms with Gasteiger partial charge in [0, 0.05) is 24.0 Å². The Bertz CT molecular complexity index is 517. The summed E-state index contributed by atoms with van der Waals surface area (Å²) in [7, 11) is 1.98. The summed E-state index contributed by atoms with van der Waals surface area (Å²) in [6, 6.07) is 3.24. The molecule has 0 radical (unpaired) electrons. The van der Waals surface area contributed by atoms with E-state index in [-0.39, 0.29) is 0 Å². The molecule has 0 spiro atoms. The highest BCUT2D eigenvalue weighted by Crippen LogP contribution is 2.35. The van der Waals surface area contributed by atoms with Crippen LogP contribution in [-0.2, 0) is 6.54 Å². The second kappa shape index (κ2) is 5.61. The van der Waals surface area contributed by atoms with E-state index in [2.05, 4.69) is 39.3 Å². The Morgan fingerprint density at radius 1 is 1.47 bits per heavy atom. The van der Waals surface area contributed by atoms with E-state index in [4.69, 9.17) is 4.98 Å². The zero-order chi connectivity index (χ0) is 13.2. The number of rotatable bonds is 6. The minimum absolute atomic E-state index is 0.326. The molecule has 19 heavy (non-hydrogen) atoms. The number of hydrogen-bond acceptors (Lipinski definition) is 5. The van der Waals surface area contributed by atoms with E-state index in [0.717, 1.165) is 12.2 Å². The highest BCUT2D eigenvalue weighted by Gasteiger charge is 2.31. The van der Waals surface area contributed by atoms with E-state index < -0.39 is 0 Å². The molecule has 0 amide bonds. The number of anilines is 1. The first-order valence-electron chi connectivity index (χ1n) is 6.68. The first-order chi connectivity index (χ1) is 9.28. The third kappa shape index (κ3) is 2.99. The first kappa shape index (κ1) is 13.1. The van der Waals surface area contributed by atoms with Crippen LogP contribution in [0.3, 0.4) is 0 Å². The van der Waals surface area contributed by atoms with Crippen LogP contribution < -0.4 is 10.2 Å². The standard InChI is InChI=1S/C14H19N3S2/c1-10(15-2)13-9-19-14(16-13)17(12-3-4-12)7-11-5-6-18-8-11/h5-6,8-10,12,15H,3-4,7H2,1-2H3. The minimum atomic E-state index is 0.326. The summed E-state index contributed by atoms with van der Waals surface area (Å²) < 4.78 is 0. The molecule has 0 aromatic carbocycles. The summed E-state index contributed by atoms with van der Waals surface area (Å²) in [6.45, 7) is 3.15. The van der Waals surface area contributed by atoms with Gasteiger partial charge in [-0.3, -0.25) is 0 Å². The number of thiazole rings is 1. The molecule has 1 N–H and O–H groups in total. The molecule has 2 heterocycles. The molecule has 1 atom stereocenters. The molecule has 1 aliphatic rings. The van der Waals surface area contributed by atoms with Crippen LogP contribution in [-0.4, -0.2) is 18.1 Å². The molecule has 5 heteroatoms. The predicted molar refractivity (Wildman–Crippen MR) is 83.1 cm³/mol. The summed E-state index contributed by atoms with van der Waals surface area (Å²) in [6.07, 6.45) is 2.61. The molecule has 2 aromatic heterocycles. The van der Waals surface area contributed by atoms with Crippen molar-refractivity contribution in [2.75, 3.05) is 11.9 Å². The van der Waals surface area contributed by atoms with Crippen molar-refractivity contribution >= 4 is 27.8 Å². The normalized spacial score (nSPS) is 16.5. The van der Waals surface area contributed by atoms with Gasteiger partial charge in [-0.2, -0.15) is 11.3 Å². The quantitative estimate of drug-likeness (QED) is 0.881. The van der Waals surface area contributed by atoms with Crippen LogP contribution in [0.4, 0.5) is 5.13 Å². The maximum atomic E-state index is 4.81. The number of nitrogens with zero attached hydrogens (tertiary/aromatic N) is 2. The molecular formula is C14H19N3S2. The number of hydrogen-bond donors (Lipinski definition) is 1. The lowest BCUT2D eigenvalue weighted by molar-refractivity contribution is 0.635. The van der Waals surface area contributed by atoms with Crippen LogP contribution in [0, 0.1) is 0 Å². The van der Waals surface area contributed by atoms with Crippen molar-refractivity contribution < 1.29 is 0 Å². The summed E-state index contributed by atoms with van der Waals surface area (Å²) in [5.41, 5.74) is 2.55. The van der Waals surface area contributed by atoms with Crippen molar-refractivity contribution in [1.82, 2.24) is 10.3 Å². The van der Waals surface area contributed by atoms with Gasteiger partial charge in [-0.15, -0.1) is 11.3 Å². The maximum absolute atomic E-state index is 4.81. The average molecular weight is 293 g/mol. The summed E-state index contributed by atoms with van der Waals surface area (Å²) in [5, 5.41) is 11.0. The minimum Gasteiger partial charge on any atom is -0.341 e. The van der Waals surface area contributed by atoms with E-state index >= 15 is 0 Å².